The van der Waals surface area contributed by atoms with Crippen LogP contribution in [0.25, 0.3) is 10.9 Å². The molecule has 1 aromatic heterocycles. The molecule has 0 amide bonds. The van der Waals surface area contributed by atoms with E-state index in [4.69, 9.17) is 4.74 Å². The highest BCUT2D eigenvalue weighted by Gasteiger charge is 2.12. The Morgan fingerprint density at radius 3 is 2.48 bits per heavy atom. The molecule has 1 N–H and O–H groups in total. The molecule has 0 aliphatic rings. The Morgan fingerprint density at radius 1 is 0.931 bits per heavy atom. The van der Waals surface area contributed by atoms with Gasteiger partial charge in [0.1, 0.15) is 5.75 Å². The number of methoxy groups -OCH3 is 1. The van der Waals surface area contributed by atoms with Crippen molar-refractivity contribution in [2.75, 3.05) is 7.11 Å². The van der Waals surface area contributed by atoms with Gasteiger partial charge in [-0.25, -0.2) is 0 Å². The van der Waals surface area contributed by atoms with E-state index in [1.807, 2.05) is 30.5 Å². The van der Waals surface area contributed by atoms with Gasteiger partial charge in [-0.3, -0.25) is 0 Å². The largest absolute Gasteiger partial charge is 0.496 e. The fourth-order valence-electron chi connectivity index (χ4n) is 3.68. The Morgan fingerprint density at radius 2 is 1.66 bits per heavy atom. The quantitative estimate of drug-likeness (QED) is 0.355. The summed E-state index contributed by atoms with van der Waals surface area (Å²) in [5.74, 6) is 0.867. The first-order chi connectivity index (χ1) is 14.3. The zero-order chi connectivity index (χ0) is 20.1. The van der Waals surface area contributed by atoms with Crippen molar-refractivity contribution in [2.45, 2.75) is 20.0 Å². The van der Waals surface area contributed by atoms with E-state index in [0.717, 1.165) is 23.4 Å². The number of hydrogen-bond acceptors (Lipinski definition) is 3. The zero-order valence-electron chi connectivity index (χ0n) is 16.8. The molecule has 1 heterocycles. The molecule has 29 heavy (non-hydrogen) atoms. The lowest BCUT2D eigenvalue weighted by molar-refractivity contribution is 0.408. The summed E-state index contributed by atoms with van der Waals surface area (Å²) in [5, 5.41) is 5.71. The average molecular weight is 383 g/mol. The molecule has 0 saturated carbocycles. The van der Waals surface area contributed by atoms with Crippen LogP contribution in [0.2, 0.25) is 0 Å². The van der Waals surface area contributed by atoms with Gasteiger partial charge in [0, 0.05) is 34.3 Å². The lowest BCUT2D eigenvalue weighted by Gasteiger charge is -2.08. The lowest BCUT2D eigenvalue weighted by atomic mass is 10.1. The van der Waals surface area contributed by atoms with Crippen LogP contribution < -0.4 is 10.2 Å². The highest BCUT2D eigenvalue weighted by Crippen LogP contribution is 2.25. The molecule has 4 aromatic rings. The summed E-state index contributed by atoms with van der Waals surface area (Å²) in [7, 11) is 1.69. The summed E-state index contributed by atoms with van der Waals surface area (Å²) in [6.45, 7) is 3.61. The number of hydrazone groups is 1. The van der Waals surface area contributed by atoms with Gasteiger partial charge >= 0.3 is 0 Å². The second-order valence-corrected chi connectivity index (χ2v) is 6.99. The fraction of sp³-hybridized carbons (Fsp3) is 0.160. The van der Waals surface area contributed by atoms with Crippen molar-refractivity contribution in [1.82, 2.24) is 9.99 Å². The van der Waals surface area contributed by atoms with Crippen molar-refractivity contribution in [2.24, 2.45) is 5.10 Å². The van der Waals surface area contributed by atoms with Crippen LogP contribution in [0.4, 0.5) is 0 Å². The molecule has 0 atom stereocenters. The van der Waals surface area contributed by atoms with E-state index in [0.29, 0.717) is 6.54 Å². The Hall–Kier alpha value is -3.53. The molecule has 0 saturated heterocycles. The van der Waals surface area contributed by atoms with Crippen LogP contribution in [0.15, 0.2) is 84.0 Å². The van der Waals surface area contributed by atoms with Gasteiger partial charge in [0.05, 0.1) is 19.9 Å². The molecule has 0 radical (unpaired) electrons. The zero-order valence-corrected chi connectivity index (χ0v) is 16.8. The number of nitrogens with one attached hydrogen (secondary N) is 1. The number of rotatable bonds is 7. The normalized spacial score (nSPS) is 11.2. The summed E-state index contributed by atoms with van der Waals surface area (Å²) in [5.41, 5.74) is 9.09. The minimum atomic E-state index is 0.613. The number of hydrogen-bond donors (Lipinski definition) is 1. The molecule has 0 aliphatic carbocycles. The monoisotopic (exact) mass is 383 g/mol. The topological polar surface area (TPSA) is 38.5 Å². The van der Waals surface area contributed by atoms with Gasteiger partial charge in [0.15, 0.2) is 0 Å². The van der Waals surface area contributed by atoms with Crippen molar-refractivity contribution >= 4 is 17.1 Å². The number of fused-ring (bicyclic) bond motifs is 1. The average Bonchev–Trinajstić information content (AvgIpc) is 3.03. The number of nitrogens with zero attached hydrogens (tertiary/aromatic N) is 2. The third-order valence-corrected chi connectivity index (χ3v) is 5.21. The van der Waals surface area contributed by atoms with Gasteiger partial charge in [-0.15, -0.1) is 0 Å². The lowest BCUT2D eigenvalue weighted by Crippen LogP contribution is -2.07. The molecule has 146 valence electrons. The van der Waals surface area contributed by atoms with E-state index in [1.54, 1.807) is 7.11 Å². The van der Waals surface area contributed by atoms with Crippen molar-refractivity contribution < 1.29 is 4.74 Å². The molecule has 4 rings (SSSR count). The van der Waals surface area contributed by atoms with Crippen LogP contribution in [-0.2, 0) is 13.1 Å². The van der Waals surface area contributed by atoms with Crippen molar-refractivity contribution in [3.63, 3.8) is 0 Å². The Balaban J connectivity index is 1.59. The fourth-order valence-corrected chi connectivity index (χ4v) is 3.68. The minimum absolute atomic E-state index is 0.613. The smallest absolute Gasteiger partial charge is 0.123 e. The Kier molecular flexibility index (Phi) is 5.61. The SMILES string of the molecule is COc1ccccc1CN/N=C\c1c(C)n(Cc2ccccc2)c2ccccc12. The number of benzene rings is 3. The molecule has 4 heteroatoms. The summed E-state index contributed by atoms with van der Waals surface area (Å²) in [4.78, 5) is 0. The van der Waals surface area contributed by atoms with Crippen LogP contribution >= 0.6 is 0 Å². The predicted molar refractivity (Wildman–Crippen MR) is 120 cm³/mol. The number of aromatic nitrogens is 1. The summed E-state index contributed by atoms with van der Waals surface area (Å²) >= 11 is 0. The van der Waals surface area contributed by atoms with E-state index in [-0.39, 0.29) is 0 Å². The van der Waals surface area contributed by atoms with E-state index < -0.39 is 0 Å². The van der Waals surface area contributed by atoms with E-state index in [9.17, 15) is 0 Å². The van der Waals surface area contributed by atoms with Crippen LogP contribution in [0.5, 0.6) is 5.75 Å². The summed E-state index contributed by atoms with van der Waals surface area (Å²) < 4.78 is 7.76. The van der Waals surface area contributed by atoms with Gasteiger partial charge in [-0.05, 0) is 24.6 Å². The van der Waals surface area contributed by atoms with Gasteiger partial charge in [-0.1, -0.05) is 66.7 Å². The maximum absolute atomic E-state index is 5.40. The maximum Gasteiger partial charge on any atom is 0.123 e. The first kappa shape index (κ1) is 18.8. The third kappa shape index (κ3) is 4.02. The second kappa shape index (κ2) is 8.65. The Labute approximate surface area is 171 Å². The van der Waals surface area contributed by atoms with Crippen molar-refractivity contribution in [3.8, 4) is 5.75 Å². The summed E-state index contributed by atoms with van der Waals surface area (Å²) in [6, 6.07) is 27.0. The van der Waals surface area contributed by atoms with Crippen molar-refractivity contribution in [1.29, 1.82) is 0 Å². The molecular weight excluding hydrogens is 358 g/mol. The predicted octanol–water partition coefficient (Wildman–Crippen LogP) is 5.13. The molecule has 0 unspecified atom stereocenters. The molecule has 0 fully saturated rings. The number of para-hydroxylation sites is 2. The van der Waals surface area contributed by atoms with Crippen molar-refractivity contribution in [3.05, 3.63) is 101 Å². The molecular formula is C25H25N3O. The van der Waals surface area contributed by atoms with E-state index in [1.165, 1.54) is 22.2 Å². The van der Waals surface area contributed by atoms with Crippen LogP contribution in [0.3, 0.4) is 0 Å². The van der Waals surface area contributed by atoms with Crippen LogP contribution in [-0.4, -0.2) is 17.9 Å². The van der Waals surface area contributed by atoms with Gasteiger partial charge in [0.25, 0.3) is 0 Å². The van der Waals surface area contributed by atoms with Gasteiger partial charge in [0.2, 0.25) is 0 Å². The highest BCUT2D eigenvalue weighted by atomic mass is 16.5. The van der Waals surface area contributed by atoms with Gasteiger partial charge in [-0.2, -0.15) is 5.10 Å². The Bertz CT molecular complexity index is 1130. The first-order valence-electron chi connectivity index (χ1n) is 9.77. The summed E-state index contributed by atoms with van der Waals surface area (Å²) in [6.07, 6.45) is 1.93. The van der Waals surface area contributed by atoms with Gasteiger partial charge < -0.3 is 14.7 Å². The molecule has 0 aliphatic heterocycles. The van der Waals surface area contributed by atoms with Crippen LogP contribution in [0, 0.1) is 6.92 Å². The molecule has 0 bridgehead atoms. The molecule has 4 nitrogen and oxygen atoms in total. The minimum Gasteiger partial charge on any atom is -0.496 e. The third-order valence-electron chi connectivity index (χ3n) is 5.21. The van der Waals surface area contributed by atoms with E-state index >= 15 is 0 Å². The maximum atomic E-state index is 5.40. The number of ether oxygens (including phenoxy) is 1. The molecule has 3 aromatic carbocycles. The highest BCUT2D eigenvalue weighted by molar-refractivity contribution is 6.01. The van der Waals surface area contributed by atoms with Crippen LogP contribution in [0.1, 0.15) is 22.4 Å². The molecule has 0 spiro atoms. The second-order valence-electron chi connectivity index (χ2n) is 6.99. The standard InChI is InChI=1S/C25H25N3O/c1-19-23(17-27-26-16-21-12-6-9-15-25(21)29-2)22-13-7-8-14-24(22)28(19)18-20-10-4-3-5-11-20/h3-15,17,26H,16,18H2,1-2H3/b27-17-. The van der Waals surface area contributed by atoms with E-state index in [2.05, 4.69) is 76.6 Å². The first-order valence-corrected chi connectivity index (χ1v) is 9.77.